The Morgan fingerprint density at radius 3 is 2.59 bits per heavy atom. The van der Waals surface area contributed by atoms with E-state index in [9.17, 15) is 14.4 Å². The summed E-state index contributed by atoms with van der Waals surface area (Å²) < 4.78 is 13.6. The van der Waals surface area contributed by atoms with Crippen molar-refractivity contribution in [2.24, 2.45) is 0 Å². The Hall–Kier alpha value is -4.40. The first-order valence-electron chi connectivity index (χ1n) is 10.7. The zero-order valence-corrected chi connectivity index (χ0v) is 18.9. The molecule has 174 valence electrons. The summed E-state index contributed by atoms with van der Waals surface area (Å²) in [6.45, 7) is 1.95. The van der Waals surface area contributed by atoms with E-state index in [1.165, 1.54) is 11.7 Å². The maximum absolute atomic E-state index is 12.9. The number of aromatic nitrogens is 3. The van der Waals surface area contributed by atoms with E-state index in [0.29, 0.717) is 28.1 Å². The second kappa shape index (κ2) is 10.0. The highest BCUT2D eigenvalue weighted by Crippen LogP contribution is 2.31. The number of para-hydroxylation sites is 1. The SMILES string of the molecule is CCn1c(=O)c2ccccc2n(CC(=O)Nc2ccc(OC)c(OCc3cccnc3)c2)c1=O. The molecule has 2 aromatic carbocycles. The van der Waals surface area contributed by atoms with Crippen LogP contribution in [0.25, 0.3) is 10.9 Å². The van der Waals surface area contributed by atoms with Crippen molar-refractivity contribution in [2.75, 3.05) is 12.4 Å². The van der Waals surface area contributed by atoms with Gasteiger partial charge in [-0.05, 0) is 37.3 Å². The van der Waals surface area contributed by atoms with Gasteiger partial charge in [-0.25, -0.2) is 4.79 Å². The molecule has 0 radical (unpaired) electrons. The highest BCUT2D eigenvalue weighted by atomic mass is 16.5. The molecule has 2 heterocycles. The van der Waals surface area contributed by atoms with Gasteiger partial charge in [0.15, 0.2) is 11.5 Å². The number of nitrogens with zero attached hydrogens (tertiary/aromatic N) is 3. The van der Waals surface area contributed by atoms with E-state index in [2.05, 4.69) is 10.3 Å². The number of anilines is 1. The third kappa shape index (κ3) is 4.68. The Morgan fingerprint density at radius 1 is 1.03 bits per heavy atom. The highest BCUT2D eigenvalue weighted by Gasteiger charge is 2.15. The second-order valence-electron chi connectivity index (χ2n) is 7.50. The van der Waals surface area contributed by atoms with Crippen molar-refractivity contribution in [3.63, 3.8) is 0 Å². The number of nitrogens with one attached hydrogen (secondary N) is 1. The minimum Gasteiger partial charge on any atom is -0.493 e. The molecule has 0 spiro atoms. The van der Waals surface area contributed by atoms with Crippen LogP contribution < -0.4 is 26.0 Å². The Labute approximate surface area is 195 Å². The lowest BCUT2D eigenvalue weighted by Gasteiger charge is -2.15. The molecular weight excluding hydrogens is 436 g/mol. The van der Waals surface area contributed by atoms with Crippen molar-refractivity contribution in [2.45, 2.75) is 26.6 Å². The fourth-order valence-electron chi connectivity index (χ4n) is 3.66. The number of rotatable bonds is 8. The number of carbonyl (C=O) groups is 1. The summed E-state index contributed by atoms with van der Waals surface area (Å²) in [5, 5.41) is 3.17. The lowest BCUT2D eigenvalue weighted by atomic mass is 10.2. The van der Waals surface area contributed by atoms with Crippen LogP contribution in [-0.4, -0.2) is 27.1 Å². The molecule has 9 heteroatoms. The molecule has 0 saturated heterocycles. The normalized spacial score (nSPS) is 10.8. The number of benzene rings is 2. The van der Waals surface area contributed by atoms with Crippen LogP contribution in [0, 0.1) is 0 Å². The molecule has 0 unspecified atom stereocenters. The standard InChI is InChI=1S/C25H24N4O5/c1-3-28-24(31)19-8-4-5-9-20(19)29(25(28)32)15-23(30)27-18-10-11-21(33-2)22(13-18)34-16-17-7-6-12-26-14-17/h4-14H,3,15-16H2,1-2H3,(H,27,30). The summed E-state index contributed by atoms with van der Waals surface area (Å²) in [4.78, 5) is 42.4. The van der Waals surface area contributed by atoms with Crippen LogP contribution in [0.15, 0.2) is 76.6 Å². The zero-order valence-electron chi connectivity index (χ0n) is 18.9. The number of ether oxygens (including phenoxy) is 2. The summed E-state index contributed by atoms with van der Waals surface area (Å²) in [6, 6.07) is 15.5. The number of carbonyl (C=O) groups excluding carboxylic acids is 1. The highest BCUT2D eigenvalue weighted by molar-refractivity contribution is 5.92. The molecule has 0 bridgehead atoms. The molecule has 1 amide bonds. The number of hydrogen-bond donors (Lipinski definition) is 1. The van der Waals surface area contributed by atoms with Gasteiger partial charge in [-0.1, -0.05) is 18.2 Å². The number of pyridine rings is 1. The molecule has 4 rings (SSSR count). The van der Waals surface area contributed by atoms with Crippen LogP contribution in [0.5, 0.6) is 11.5 Å². The Balaban J connectivity index is 1.57. The zero-order chi connectivity index (χ0) is 24.1. The van der Waals surface area contributed by atoms with Crippen LogP contribution in [0.2, 0.25) is 0 Å². The largest absolute Gasteiger partial charge is 0.493 e. The molecule has 1 N–H and O–H groups in total. The average Bonchev–Trinajstić information content (AvgIpc) is 2.86. The fourth-order valence-corrected chi connectivity index (χ4v) is 3.66. The van der Waals surface area contributed by atoms with E-state index in [0.717, 1.165) is 10.1 Å². The first-order valence-corrected chi connectivity index (χ1v) is 10.7. The van der Waals surface area contributed by atoms with Gasteiger partial charge in [-0.2, -0.15) is 0 Å². The first-order chi connectivity index (χ1) is 16.5. The summed E-state index contributed by atoms with van der Waals surface area (Å²) in [6.07, 6.45) is 3.39. The summed E-state index contributed by atoms with van der Waals surface area (Å²) in [5.41, 5.74) is 0.874. The average molecular weight is 460 g/mol. The topological polar surface area (TPSA) is 104 Å². The summed E-state index contributed by atoms with van der Waals surface area (Å²) >= 11 is 0. The lowest BCUT2D eigenvalue weighted by molar-refractivity contribution is -0.116. The predicted molar refractivity (Wildman–Crippen MR) is 128 cm³/mol. The number of hydrogen-bond acceptors (Lipinski definition) is 6. The number of amides is 1. The van der Waals surface area contributed by atoms with Gasteiger partial charge >= 0.3 is 5.69 Å². The van der Waals surface area contributed by atoms with Crippen LogP contribution >= 0.6 is 0 Å². The molecule has 0 fully saturated rings. The van der Waals surface area contributed by atoms with Gasteiger partial charge in [0.1, 0.15) is 13.2 Å². The monoisotopic (exact) mass is 460 g/mol. The van der Waals surface area contributed by atoms with Gasteiger partial charge in [0.25, 0.3) is 5.56 Å². The van der Waals surface area contributed by atoms with Gasteiger partial charge in [0.05, 0.1) is 18.0 Å². The van der Waals surface area contributed by atoms with E-state index in [4.69, 9.17) is 9.47 Å². The third-order valence-corrected chi connectivity index (χ3v) is 5.31. The summed E-state index contributed by atoms with van der Waals surface area (Å²) in [5.74, 6) is 0.544. The number of methoxy groups -OCH3 is 1. The van der Waals surface area contributed by atoms with Gasteiger partial charge in [-0.3, -0.25) is 23.7 Å². The van der Waals surface area contributed by atoms with E-state index < -0.39 is 11.6 Å². The molecule has 0 atom stereocenters. The van der Waals surface area contributed by atoms with Crippen LogP contribution in [0.1, 0.15) is 12.5 Å². The minimum atomic E-state index is -0.531. The van der Waals surface area contributed by atoms with E-state index in [1.54, 1.807) is 61.8 Å². The molecule has 4 aromatic rings. The molecule has 0 saturated carbocycles. The Bertz CT molecular complexity index is 1440. The molecule has 9 nitrogen and oxygen atoms in total. The van der Waals surface area contributed by atoms with E-state index in [1.807, 2.05) is 12.1 Å². The Kier molecular flexibility index (Phi) is 6.72. The van der Waals surface area contributed by atoms with Crippen molar-refractivity contribution in [3.05, 3.63) is 93.4 Å². The van der Waals surface area contributed by atoms with Crippen molar-refractivity contribution in [3.8, 4) is 11.5 Å². The smallest absolute Gasteiger partial charge is 0.331 e. The molecular formula is C25H24N4O5. The second-order valence-corrected chi connectivity index (χ2v) is 7.50. The van der Waals surface area contributed by atoms with Gasteiger partial charge in [-0.15, -0.1) is 0 Å². The lowest BCUT2D eigenvalue weighted by Crippen LogP contribution is -2.41. The molecule has 0 aliphatic rings. The van der Waals surface area contributed by atoms with E-state index in [-0.39, 0.29) is 25.3 Å². The molecule has 2 aromatic heterocycles. The summed E-state index contributed by atoms with van der Waals surface area (Å²) in [7, 11) is 1.53. The quantitative estimate of drug-likeness (QED) is 0.434. The van der Waals surface area contributed by atoms with Crippen LogP contribution in [0.3, 0.4) is 0 Å². The van der Waals surface area contributed by atoms with Crippen molar-refractivity contribution in [1.82, 2.24) is 14.1 Å². The van der Waals surface area contributed by atoms with Crippen LogP contribution in [-0.2, 0) is 24.5 Å². The van der Waals surface area contributed by atoms with Gasteiger partial charge < -0.3 is 14.8 Å². The van der Waals surface area contributed by atoms with Crippen molar-refractivity contribution < 1.29 is 14.3 Å². The Morgan fingerprint density at radius 2 is 1.85 bits per heavy atom. The maximum atomic E-state index is 12.9. The molecule has 0 aliphatic carbocycles. The minimum absolute atomic E-state index is 0.209. The van der Waals surface area contributed by atoms with E-state index >= 15 is 0 Å². The first kappa shape index (κ1) is 22.8. The molecule has 34 heavy (non-hydrogen) atoms. The van der Waals surface area contributed by atoms with Gasteiger partial charge in [0.2, 0.25) is 5.91 Å². The van der Waals surface area contributed by atoms with Crippen molar-refractivity contribution in [1.29, 1.82) is 0 Å². The number of fused-ring (bicyclic) bond motifs is 1. The van der Waals surface area contributed by atoms with Gasteiger partial charge in [0, 0.05) is 36.3 Å². The maximum Gasteiger partial charge on any atom is 0.331 e. The van der Waals surface area contributed by atoms with Crippen molar-refractivity contribution >= 4 is 22.5 Å². The molecule has 0 aliphatic heterocycles. The fraction of sp³-hybridized carbons (Fsp3) is 0.200. The third-order valence-electron chi connectivity index (χ3n) is 5.31. The van der Waals surface area contributed by atoms with Crippen LogP contribution in [0.4, 0.5) is 5.69 Å². The predicted octanol–water partition coefficient (Wildman–Crippen LogP) is 2.80.